The molecule has 0 heterocycles. The molecule has 0 atom stereocenters. The van der Waals surface area contributed by atoms with Crippen LogP contribution in [-0.4, -0.2) is 18.9 Å². The van der Waals surface area contributed by atoms with Crippen LogP contribution in [0.1, 0.15) is 21.5 Å². The molecular weight excluding hydrogens is 364 g/mol. The Morgan fingerprint density at radius 2 is 1.52 bits per heavy atom. The van der Waals surface area contributed by atoms with Gasteiger partial charge in [0, 0.05) is 16.8 Å². The second kappa shape index (κ2) is 9.37. The molecule has 0 bridgehead atoms. The van der Waals surface area contributed by atoms with E-state index in [1.54, 1.807) is 43.5 Å². The van der Waals surface area contributed by atoms with Gasteiger partial charge in [-0.2, -0.15) is 0 Å². The van der Waals surface area contributed by atoms with Crippen LogP contribution in [0.2, 0.25) is 0 Å². The number of amides is 2. The topological polar surface area (TPSA) is 67.4 Å². The summed E-state index contributed by atoms with van der Waals surface area (Å²) in [6.45, 7) is 1.90. The number of carbonyl (C=O) groups excluding carboxylic acids is 2. The Kier molecular flexibility index (Phi) is 6.43. The lowest BCUT2D eigenvalue weighted by Crippen LogP contribution is -2.30. The summed E-state index contributed by atoms with van der Waals surface area (Å²) in [5, 5.41) is 5.59. The van der Waals surface area contributed by atoms with Crippen molar-refractivity contribution in [2.45, 2.75) is 6.92 Å². The molecule has 29 heavy (non-hydrogen) atoms. The van der Waals surface area contributed by atoms with E-state index in [0.29, 0.717) is 22.6 Å². The van der Waals surface area contributed by atoms with E-state index >= 15 is 0 Å². The van der Waals surface area contributed by atoms with Gasteiger partial charge in [-0.1, -0.05) is 54.6 Å². The SMILES string of the molecule is COc1ccccc1/C=C(\NC(=O)c1ccccc1)C(=O)Nc1ccccc1C. The fraction of sp³-hybridized carbons (Fsp3) is 0.0833. The Bertz CT molecular complexity index is 1040. The van der Waals surface area contributed by atoms with Gasteiger partial charge in [-0.05, 0) is 42.8 Å². The number of ether oxygens (including phenoxy) is 1. The highest BCUT2D eigenvalue weighted by Crippen LogP contribution is 2.21. The predicted octanol–water partition coefficient (Wildman–Crippen LogP) is 4.41. The van der Waals surface area contributed by atoms with Crippen molar-refractivity contribution in [3.63, 3.8) is 0 Å². The van der Waals surface area contributed by atoms with Crippen LogP contribution in [0, 0.1) is 6.92 Å². The lowest BCUT2D eigenvalue weighted by molar-refractivity contribution is -0.113. The van der Waals surface area contributed by atoms with Gasteiger partial charge in [-0.3, -0.25) is 9.59 Å². The summed E-state index contributed by atoms with van der Waals surface area (Å²) in [7, 11) is 1.56. The van der Waals surface area contributed by atoms with Gasteiger partial charge >= 0.3 is 0 Å². The summed E-state index contributed by atoms with van der Waals surface area (Å²) in [6, 6.07) is 23.5. The number of benzene rings is 3. The number of methoxy groups -OCH3 is 1. The molecule has 5 nitrogen and oxygen atoms in total. The highest BCUT2D eigenvalue weighted by molar-refractivity contribution is 6.11. The second-order valence-corrected chi connectivity index (χ2v) is 6.39. The van der Waals surface area contributed by atoms with Crippen molar-refractivity contribution in [2.24, 2.45) is 0 Å². The molecule has 0 saturated carbocycles. The fourth-order valence-electron chi connectivity index (χ4n) is 2.79. The maximum atomic E-state index is 13.0. The molecule has 0 fully saturated rings. The number of para-hydroxylation sites is 2. The molecule has 2 N–H and O–H groups in total. The molecule has 5 heteroatoms. The van der Waals surface area contributed by atoms with Crippen LogP contribution in [0.4, 0.5) is 5.69 Å². The van der Waals surface area contributed by atoms with Gasteiger partial charge in [0.15, 0.2) is 0 Å². The van der Waals surface area contributed by atoms with Crippen molar-refractivity contribution in [1.29, 1.82) is 0 Å². The predicted molar refractivity (Wildman–Crippen MR) is 115 cm³/mol. The van der Waals surface area contributed by atoms with Crippen molar-refractivity contribution in [3.05, 3.63) is 101 Å². The molecule has 0 unspecified atom stereocenters. The number of hydrogen-bond acceptors (Lipinski definition) is 3. The van der Waals surface area contributed by atoms with Crippen LogP contribution in [0.5, 0.6) is 5.75 Å². The zero-order valence-electron chi connectivity index (χ0n) is 16.3. The first-order chi connectivity index (χ1) is 14.1. The molecule has 0 aliphatic rings. The van der Waals surface area contributed by atoms with E-state index in [-0.39, 0.29) is 11.6 Å². The number of hydrogen-bond donors (Lipinski definition) is 2. The fourth-order valence-corrected chi connectivity index (χ4v) is 2.79. The van der Waals surface area contributed by atoms with Crippen molar-refractivity contribution in [2.75, 3.05) is 12.4 Å². The molecule has 0 aliphatic heterocycles. The van der Waals surface area contributed by atoms with Crippen LogP contribution in [-0.2, 0) is 4.79 Å². The molecule has 0 spiro atoms. The summed E-state index contributed by atoms with van der Waals surface area (Å²) in [5.74, 6) is -0.191. The van der Waals surface area contributed by atoms with Crippen LogP contribution in [0.15, 0.2) is 84.6 Å². The number of rotatable bonds is 6. The normalized spacial score (nSPS) is 10.9. The van der Waals surface area contributed by atoms with Crippen LogP contribution in [0.3, 0.4) is 0 Å². The van der Waals surface area contributed by atoms with E-state index in [1.165, 1.54) is 0 Å². The molecule has 0 aliphatic carbocycles. The number of aryl methyl sites for hydroxylation is 1. The maximum absolute atomic E-state index is 13.0. The molecule has 0 radical (unpaired) electrons. The van der Waals surface area contributed by atoms with Gasteiger partial charge in [0.25, 0.3) is 11.8 Å². The molecule has 3 aromatic carbocycles. The maximum Gasteiger partial charge on any atom is 0.272 e. The Labute approximate surface area is 170 Å². The molecule has 146 valence electrons. The van der Waals surface area contributed by atoms with Gasteiger partial charge in [0.2, 0.25) is 0 Å². The summed E-state index contributed by atoms with van der Waals surface area (Å²) >= 11 is 0. The number of anilines is 1. The van der Waals surface area contributed by atoms with Gasteiger partial charge in [-0.15, -0.1) is 0 Å². The lowest BCUT2D eigenvalue weighted by Gasteiger charge is -2.13. The van der Waals surface area contributed by atoms with E-state index in [1.807, 2.05) is 55.5 Å². The smallest absolute Gasteiger partial charge is 0.272 e. The second-order valence-electron chi connectivity index (χ2n) is 6.39. The average Bonchev–Trinajstić information content (AvgIpc) is 2.75. The summed E-state index contributed by atoms with van der Waals surface area (Å²) in [6.07, 6.45) is 1.60. The minimum absolute atomic E-state index is 0.117. The molecule has 0 aromatic heterocycles. The van der Waals surface area contributed by atoms with Gasteiger partial charge in [-0.25, -0.2) is 0 Å². The quantitative estimate of drug-likeness (QED) is 0.617. The Balaban J connectivity index is 1.94. The van der Waals surface area contributed by atoms with Gasteiger partial charge in [0.05, 0.1) is 7.11 Å². The highest BCUT2D eigenvalue weighted by atomic mass is 16.5. The van der Waals surface area contributed by atoms with E-state index in [9.17, 15) is 9.59 Å². The zero-order valence-corrected chi connectivity index (χ0v) is 16.3. The van der Waals surface area contributed by atoms with E-state index in [0.717, 1.165) is 5.56 Å². The standard InChI is InChI=1S/C24H22N2O3/c1-17-10-6-8-14-20(17)25-24(28)21(16-19-13-7-9-15-22(19)29-2)26-23(27)18-11-4-3-5-12-18/h3-16H,1-2H3,(H,25,28)(H,26,27)/b21-16-. The van der Waals surface area contributed by atoms with E-state index in [2.05, 4.69) is 10.6 Å². The first kappa shape index (κ1) is 19.9. The minimum atomic E-state index is -0.422. The summed E-state index contributed by atoms with van der Waals surface area (Å²) in [5.41, 5.74) is 2.86. The average molecular weight is 386 g/mol. The molecule has 0 saturated heterocycles. The van der Waals surface area contributed by atoms with Crippen molar-refractivity contribution in [3.8, 4) is 5.75 Å². The number of nitrogens with one attached hydrogen (secondary N) is 2. The van der Waals surface area contributed by atoms with Gasteiger partial charge in [0.1, 0.15) is 11.4 Å². The molecular formula is C24H22N2O3. The van der Waals surface area contributed by atoms with Crippen LogP contribution >= 0.6 is 0 Å². The third-order valence-corrected chi connectivity index (χ3v) is 4.36. The Morgan fingerprint density at radius 1 is 0.862 bits per heavy atom. The highest BCUT2D eigenvalue weighted by Gasteiger charge is 2.16. The first-order valence-electron chi connectivity index (χ1n) is 9.16. The monoisotopic (exact) mass is 386 g/mol. The Hall–Kier alpha value is -3.86. The van der Waals surface area contributed by atoms with Gasteiger partial charge < -0.3 is 15.4 Å². The zero-order chi connectivity index (χ0) is 20.6. The Morgan fingerprint density at radius 3 is 2.24 bits per heavy atom. The van der Waals surface area contributed by atoms with E-state index in [4.69, 9.17) is 4.74 Å². The van der Waals surface area contributed by atoms with E-state index < -0.39 is 5.91 Å². The number of carbonyl (C=O) groups is 2. The molecule has 2 amide bonds. The third kappa shape index (κ3) is 5.11. The largest absolute Gasteiger partial charge is 0.496 e. The van der Waals surface area contributed by atoms with Crippen molar-refractivity contribution in [1.82, 2.24) is 5.32 Å². The summed E-state index contributed by atoms with van der Waals surface area (Å²) < 4.78 is 5.36. The minimum Gasteiger partial charge on any atom is -0.496 e. The third-order valence-electron chi connectivity index (χ3n) is 4.36. The lowest BCUT2D eigenvalue weighted by atomic mass is 10.1. The van der Waals surface area contributed by atoms with Crippen LogP contribution in [0.25, 0.3) is 6.08 Å². The van der Waals surface area contributed by atoms with Crippen molar-refractivity contribution >= 4 is 23.6 Å². The molecule has 3 aromatic rings. The first-order valence-corrected chi connectivity index (χ1v) is 9.16. The summed E-state index contributed by atoms with van der Waals surface area (Å²) in [4.78, 5) is 25.7. The van der Waals surface area contributed by atoms with Crippen LogP contribution < -0.4 is 15.4 Å². The van der Waals surface area contributed by atoms with Crippen molar-refractivity contribution < 1.29 is 14.3 Å². The molecule has 3 rings (SSSR count).